The standard InChI is InChI=1S/C20H23N3O2/c1-23(13-19(24)21-16-11-12-16)14-20(25)22-18-10-6-5-9-17(18)15-7-3-2-4-8-15/h2-10,16H,11-14H2,1H3,(H,21,24)(H,22,25). The molecule has 3 rings (SSSR count). The van der Waals surface area contributed by atoms with Crippen LogP contribution in [0.3, 0.4) is 0 Å². The average molecular weight is 337 g/mol. The van der Waals surface area contributed by atoms with Gasteiger partial charge in [0.15, 0.2) is 0 Å². The Bertz CT molecular complexity index is 742. The number of nitrogens with zero attached hydrogens (tertiary/aromatic N) is 1. The number of para-hydroxylation sites is 1. The number of anilines is 1. The Hall–Kier alpha value is -2.66. The summed E-state index contributed by atoms with van der Waals surface area (Å²) >= 11 is 0. The van der Waals surface area contributed by atoms with E-state index in [4.69, 9.17) is 0 Å². The number of amides is 2. The molecule has 25 heavy (non-hydrogen) atoms. The maximum atomic E-state index is 12.3. The fraction of sp³-hybridized carbons (Fsp3) is 0.300. The Labute approximate surface area is 148 Å². The van der Waals surface area contributed by atoms with Crippen LogP contribution in [0.25, 0.3) is 11.1 Å². The smallest absolute Gasteiger partial charge is 0.238 e. The summed E-state index contributed by atoms with van der Waals surface area (Å²) in [5, 5.41) is 5.88. The second kappa shape index (κ2) is 7.94. The molecule has 1 aliphatic rings. The molecule has 0 spiro atoms. The van der Waals surface area contributed by atoms with Crippen molar-refractivity contribution in [2.75, 3.05) is 25.5 Å². The summed E-state index contributed by atoms with van der Waals surface area (Å²) in [5.41, 5.74) is 2.80. The van der Waals surface area contributed by atoms with Crippen LogP contribution < -0.4 is 10.6 Å². The van der Waals surface area contributed by atoms with Gasteiger partial charge in [-0.05, 0) is 31.5 Å². The lowest BCUT2D eigenvalue weighted by Gasteiger charge is -2.17. The van der Waals surface area contributed by atoms with Crippen molar-refractivity contribution in [2.24, 2.45) is 0 Å². The number of carbonyl (C=O) groups is 2. The Balaban J connectivity index is 1.58. The molecule has 2 N–H and O–H groups in total. The third-order valence-electron chi connectivity index (χ3n) is 4.06. The highest BCUT2D eigenvalue weighted by atomic mass is 16.2. The number of hydrogen-bond acceptors (Lipinski definition) is 3. The maximum absolute atomic E-state index is 12.3. The molecule has 0 unspecified atom stereocenters. The van der Waals surface area contributed by atoms with Crippen LogP contribution in [0.2, 0.25) is 0 Å². The van der Waals surface area contributed by atoms with Crippen LogP contribution >= 0.6 is 0 Å². The first-order valence-electron chi connectivity index (χ1n) is 8.54. The van der Waals surface area contributed by atoms with Crippen LogP contribution in [0, 0.1) is 0 Å². The molecule has 0 radical (unpaired) electrons. The molecule has 5 nitrogen and oxygen atoms in total. The van der Waals surface area contributed by atoms with E-state index in [0.29, 0.717) is 6.04 Å². The fourth-order valence-corrected chi connectivity index (χ4v) is 2.70. The van der Waals surface area contributed by atoms with E-state index in [2.05, 4.69) is 10.6 Å². The van der Waals surface area contributed by atoms with Crippen LogP contribution in [0.4, 0.5) is 5.69 Å². The summed E-state index contributed by atoms with van der Waals surface area (Å²) in [5.74, 6) is -0.160. The topological polar surface area (TPSA) is 61.4 Å². The molecule has 1 fully saturated rings. The zero-order valence-electron chi connectivity index (χ0n) is 14.4. The molecule has 0 atom stereocenters. The summed E-state index contributed by atoms with van der Waals surface area (Å²) in [7, 11) is 1.77. The maximum Gasteiger partial charge on any atom is 0.238 e. The number of hydrogen-bond donors (Lipinski definition) is 2. The molecule has 1 aliphatic carbocycles. The molecule has 0 aromatic heterocycles. The lowest BCUT2D eigenvalue weighted by Crippen LogP contribution is -2.39. The van der Waals surface area contributed by atoms with E-state index in [1.807, 2.05) is 54.6 Å². The minimum Gasteiger partial charge on any atom is -0.352 e. The zero-order chi connectivity index (χ0) is 17.6. The lowest BCUT2D eigenvalue weighted by molar-refractivity contribution is -0.123. The van der Waals surface area contributed by atoms with Crippen molar-refractivity contribution in [3.8, 4) is 11.1 Å². The largest absolute Gasteiger partial charge is 0.352 e. The second-order valence-corrected chi connectivity index (χ2v) is 6.47. The molecule has 5 heteroatoms. The predicted octanol–water partition coefficient (Wildman–Crippen LogP) is 2.50. The van der Waals surface area contributed by atoms with E-state index < -0.39 is 0 Å². The third kappa shape index (κ3) is 5.16. The minimum atomic E-state index is -0.134. The molecule has 2 amide bonds. The molecule has 0 bridgehead atoms. The van der Waals surface area contributed by atoms with Gasteiger partial charge in [0.1, 0.15) is 0 Å². The highest BCUT2D eigenvalue weighted by Crippen LogP contribution is 2.27. The average Bonchev–Trinajstić information content (AvgIpc) is 3.39. The number of carbonyl (C=O) groups excluding carboxylic acids is 2. The number of nitrogens with one attached hydrogen (secondary N) is 2. The van der Waals surface area contributed by atoms with Crippen molar-refractivity contribution < 1.29 is 9.59 Å². The van der Waals surface area contributed by atoms with Crippen molar-refractivity contribution in [1.29, 1.82) is 0 Å². The van der Waals surface area contributed by atoms with Crippen molar-refractivity contribution in [2.45, 2.75) is 18.9 Å². The lowest BCUT2D eigenvalue weighted by atomic mass is 10.0. The molecule has 0 saturated heterocycles. The van der Waals surface area contributed by atoms with Crippen LogP contribution in [-0.4, -0.2) is 42.9 Å². The van der Waals surface area contributed by atoms with Gasteiger partial charge in [-0.15, -0.1) is 0 Å². The molecule has 2 aromatic carbocycles. The summed E-state index contributed by atoms with van der Waals surface area (Å²) in [6.07, 6.45) is 2.12. The molecule has 2 aromatic rings. The highest BCUT2D eigenvalue weighted by Gasteiger charge is 2.23. The van der Waals surface area contributed by atoms with Crippen molar-refractivity contribution in [3.05, 3.63) is 54.6 Å². The van der Waals surface area contributed by atoms with Gasteiger partial charge in [0.25, 0.3) is 0 Å². The summed E-state index contributed by atoms with van der Waals surface area (Å²) in [6, 6.07) is 18.0. The van der Waals surface area contributed by atoms with Crippen LogP contribution in [-0.2, 0) is 9.59 Å². The first-order valence-corrected chi connectivity index (χ1v) is 8.54. The predicted molar refractivity (Wildman–Crippen MR) is 99.2 cm³/mol. The Morgan fingerprint density at radius 3 is 2.32 bits per heavy atom. The van der Waals surface area contributed by atoms with Gasteiger partial charge in [-0.25, -0.2) is 0 Å². The van der Waals surface area contributed by atoms with Gasteiger partial charge in [0.05, 0.1) is 13.1 Å². The molecule has 130 valence electrons. The second-order valence-electron chi connectivity index (χ2n) is 6.47. The van der Waals surface area contributed by atoms with Crippen LogP contribution in [0.1, 0.15) is 12.8 Å². The SMILES string of the molecule is CN(CC(=O)Nc1ccccc1-c1ccccc1)CC(=O)NC1CC1. The Kier molecular flexibility index (Phi) is 5.46. The molecule has 0 aliphatic heterocycles. The molecule has 0 heterocycles. The van der Waals surface area contributed by atoms with Crippen LogP contribution in [0.15, 0.2) is 54.6 Å². The van der Waals surface area contributed by atoms with E-state index in [0.717, 1.165) is 29.7 Å². The van der Waals surface area contributed by atoms with E-state index in [1.54, 1.807) is 11.9 Å². The summed E-state index contributed by atoms with van der Waals surface area (Å²) < 4.78 is 0. The number of likely N-dealkylation sites (N-methyl/N-ethyl adjacent to an activating group) is 1. The van der Waals surface area contributed by atoms with Gasteiger partial charge in [-0.2, -0.15) is 0 Å². The normalized spacial score (nSPS) is 13.5. The van der Waals surface area contributed by atoms with Gasteiger partial charge in [-0.1, -0.05) is 48.5 Å². The number of benzene rings is 2. The van der Waals surface area contributed by atoms with Crippen LogP contribution in [0.5, 0.6) is 0 Å². The summed E-state index contributed by atoms with van der Waals surface area (Å²) in [6.45, 7) is 0.394. The monoisotopic (exact) mass is 337 g/mol. The molecular weight excluding hydrogens is 314 g/mol. The van der Waals surface area contributed by atoms with Gasteiger partial charge >= 0.3 is 0 Å². The van der Waals surface area contributed by atoms with Gasteiger partial charge in [0, 0.05) is 17.3 Å². The third-order valence-corrected chi connectivity index (χ3v) is 4.06. The van der Waals surface area contributed by atoms with Gasteiger partial charge in [-0.3, -0.25) is 14.5 Å². The van der Waals surface area contributed by atoms with Crippen molar-refractivity contribution >= 4 is 17.5 Å². The first-order chi connectivity index (χ1) is 12.1. The molecule has 1 saturated carbocycles. The van der Waals surface area contributed by atoms with Crippen molar-refractivity contribution in [1.82, 2.24) is 10.2 Å². The Morgan fingerprint density at radius 1 is 0.960 bits per heavy atom. The minimum absolute atomic E-state index is 0.0255. The van der Waals surface area contributed by atoms with E-state index in [9.17, 15) is 9.59 Å². The van der Waals surface area contributed by atoms with Gasteiger partial charge in [0.2, 0.25) is 11.8 Å². The molecular formula is C20H23N3O2. The summed E-state index contributed by atoms with van der Waals surface area (Å²) in [4.78, 5) is 25.9. The zero-order valence-corrected chi connectivity index (χ0v) is 14.4. The van der Waals surface area contributed by atoms with Gasteiger partial charge < -0.3 is 10.6 Å². The number of rotatable bonds is 7. The van der Waals surface area contributed by atoms with E-state index >= 15 is 0 Å². The highest BCUT2D eigenvalue weighted by molar-refractivity contribution is 5.96. The fourth-order valence-electron chi connectivity index (χ4n) is 2.70. The van der Waals surface area contributed by atoms with E-state index in [1.165, 1.54) is 0 Å². The van der Waals surface area contributed by atoms with E-state index in [-0.39, 0.29) is 24.9 Å². The first kappa shape index (κ1) is 17.2. The quantitative estimate of drug-likeness (QED) is 0.816. The van der Waals surface area contributed by atoms with Crippen molar-refractivity contribution in [3.63, 3.8) is 0 Å². The Morgan fingerprint density at radius 2 is 1.60 bits per heavy atom.